The predicted octanol–water partition coefficient (Wildman–Crippen LogP) is 2.24. The lowest BCUT2D eigenvalue weighted by atomic mass is 10.2. The van der Waals surface area contributed by atoms with Crippen molar-refractivity contribution < 1.29 is 13.2 Å². The third-order valence-corrected chi connectivity index (χ3v) is 5.64. The molecule has 0 radical (unpaired) electrons. The minimum atomic E-state index is -3.66. The summed E-state index contributed by atoms with van der Waals surface area (Å²) in [7, 11) is -3.66. The average molecular weight is 365 g/mol. The summed E-state index contributed by atoms with van der Waals surface area (Å²) in [6, 6.07) is 13.3. The van der Waals surface area contributed by atoms with Gasteiger partial charge in [-0.05, 0) is 23.8 Å². The summed E-state index contributed by atoms with van der Waals surface area (Å²) in [5.41, 5.74) is 0.970. The second kappa shape index (κ2) is 6.09. The molecule has 0 unspecified atom stereocenters. The first-order valence-corrected chi connectivity index (χ1v) is 8.99. The smallest absolute Gasteiger partial charge is 0.323 e. The quantitative estimate of drug-likeness (QED) is 0.700. The predicted molar refractivity (Wildman–Crippen MR) is 90.9 cm³/mol. The molecule has 0 amide bonds. The monoisotopic (exact) mass is 365 g/mol. The Morgan fingerprint density at radius 3 is 2.69 bits per heavy atom. The van der Waals surface area contributed by atoms with Gasteiger partial charge in [0, 0.05) is 12.3 Å². The van der Waals surface area contributed by atoms with Gasteiger partial charge in [0.25, 0.3) is 10.0 Å². The van der Waals surface area contributed by atoms with E-state index in [1.165, 1.54) is 28.8 Å². The Morgan fingerprint density at radius 2 is 1.96 bits per heavy atom. The van der Waals surface area contributed by atoms with E-state index in [2.05, 4.69) is 15.0 Å². The van der Waals surface area contributed by atoms with Crippen LogP contribution in [-0.4, -0.2) is 23.4 Å². The number of hydrogen-bond donors (Lipinski definition) is 0. The number of pyridine rings is 1. The maximum Gasteiger partial charge on any atom is 0.323 e. The summed E-state index contributed by atoms with van der Waals surface area (Å²) in [4.78, 5) is 12.4. The molecule has 0 atom stereocenters. The molecule has 0 saturated carbocycles. The molecular formula is C17H11N5O3S. The standard InChI is InChI=1S/C17H11N5O3S/c18-9-13-5-6-14(10-20-13)25-17-19-8-7-16(21-17)22-11-12-3-1-2-4-15(12)26(22,23)24/h1-8,10H,11H2. The first kappa shape index (κ1) is 16.0. The van der Waals surface area contributed by atoms with Gasteiger partial charge in [-0.3, -0.25) is 0 Å². The third kappa shape index (κ3) is 2.72. The molecule has 0 spiro atoms. The van der Waals surface area contributed by atoms with Gasteiger partial charge >= 0.3 is 6.01 Å². The lowest BCUT2D eigenvalue weighted by molar-refractivity contribution is 0.440. The summed E-state index contributed by atoms with van der Waals surface area (Å²) < 4.78 is 32.1. The van der Waals surface area contributed by atoms with Gasteiger partial charge in [0.15, 0.2) is 0 Å². The van der Waals surface area contributed by atoms with Crippen LogP contribution in [0.15, 0.2) is 59.8 Å². The summed E-state index contributed by atoms with van der Waals surface area (Å²) in [6.45, 7) is 0.202. The fraction of sp³-hybridized carbons (Fsp3) is 0.0588. The van der Waals surface area contributed by atoms with E-state index in [9.17, 15) is 8.42 Å². The molecule has 3 aromatic rings. The Balaban J connectivity index is 1.63. The zero-order chi connectivity index (χ0) is 18.1. The third-order valence-electron chi connectivity index (χ3n) is 3.79. The van der Waals surface area contributed by atoms with Crippen molar-refractivity contribution in [1.82, 2.24) is 15.0 Å². The van der Waals surface area contributed by atoms with Crippen LogP contribution in [0.1, 0.15) is 11.3 Å². The van der Waals surface area contributed by atoms with E-state index in [0.717, 1.165) is 0 Å². The maximum absolute atomic E-state index is 12.7. The minimum Gasteiger partial charge on any atom is -0.423 e. The largest absolute Gasteiger partial charge is 0.423 e. The van der Waals surface area contributed by atoms with Crippen LogP contribution in [0.5, 0.6) is 11.8 Å². The molecule has 1 aliphatic heterocycles. The van der Waals surface area contributed by atoms with Crippen LogP contribution in [0.4, 0.5) is 5.82 Å². The van der Waals surface area contributed by atoms with Gasteiger partial charge in [-0.25, -0.2) is 22.7 Å². The SMILES string of the molecule is N#Cc1ccc(Oc2nccc(N3Cc4ccccc4S3(=O)=O)n2)cn1. The maximum atomic E-state index is 12.7. The van der Waals surface area contributed by atoms with Gasteiger partial charge in [0.05, 0.1) is 17.6 Å². The van der Waals surface area contributed by atoms with Crippen molar-refractivity contribution in [1.29, 1.82) is 5.26 Å². The first-order valence-electron chi connectivity index (χ1n) is 7.55. The van der Waals surface area contributed by atoms with Crippen LogP contribution in [0, 0.1) is 11.3 Å². The number of ether oxygens (including phenoxy) is 1. The second-order valence-corrected chi connectivity index (χ2v) is 7.24. The van der Waals surface area contributed by atoms with E-state index in [-0.39, 0.29) is 29.0 Å². The lowest BCUT2D eigenvalue weighted by Gasteiger charge is -2.16. The van der Waals surface area contributed by atoms with Gasteiger partial charge in [-0.2, -0.15) is 10.2 Å². The van der Waals surface area contributed by atoms with E-state index in [4.69, 9.17) is 10.00 Å². The molecule has 8 nitrogen and oxygen atoms in total. The fourth-order valence-electron chi connectivity index (χ4n) is 2.58. The Bertz CT molecular complexity index is 1120. The highest BCUT2D eigenvalue weighted by atomic mass is 32.2. The topological polar surface area (TPSA) is 109 Å². The highest BCUT2D eigenvalue weighted by molar-refractivity contribution is 7.93. The molecule has 1 aliphatic rings. The van der Waals surface area contributed by atoms with Crippen molar-refractivity contribution in [3.63, 3.8) is 0 Å². The normalized spacial score (nSPS) is 14.5. The molecule has 9 heteroatoms. The summed E-state index contributed by atoms with van der Waals surface area (Å²) in [5, 5.41) is 8.76. The number of benzene rings is 1. The van der Waals surface area contributed by atoms with Crippen LogP contribution in [0.25, 0.3) is 0 Å². The zero-order valence-electron chi connectivity index (χ0n) is 13.3. The van der Waals surface area contributed by atoms with Crippen molar-refractivity contribution in [2.45, 2.75) is 11.4 Å². The fourth-order valence-corrected chi connectivity index (χ4v) is 4.19. The van der Waals surface area contributed by atoms with Gasteiger partial charge in [0.1, 0.15) is 23.3 Å². The van der Waals surface area contributed by atoms with Crippen LogP contribution >= 0.6 is 0 Å². The number of anilines is 1. The molecule has 0 saturated heterocycles. The van der Waals surface area contributed by atoms with Crippen LogP contribution < -0.4 is 9.04 Å². The number of nitriles is 1. The summed E-state index contributed by atoms with van der Waals surface area (Å²) >= 11 is 0. The van der Waals surface area contributed by atoms with Gasteiger partial charge < -0.3 is 4.74 Å². The Kier molecular flexibility index (Phi) is 3.74. The highest BCUT2D eigenvalue weighted by Crippen LogP contribution is 2.33. The molecule has 3 heterocycles. The van der Waals surface area contributed by atoms with E-state index < -0.39 is 10.0 Å². The van der Waals surface area contributed by atoms with Crippen molar-refractivity contribution in [3.05, 3.63) is 66.1 Å². The lowest BCUT2D eigenvalue weighted by Crippen LogP contribution is -2.24. The number of fused-ring (bicyclic) bond motifs is 1. The first-order chi connectivity index (χ1) is 12.6. The molecule has 0 aliphatic carbocycles. The number of aromatic nitrogens is 3. The van der Waals surface area contributed by atoms with Crippen molar-refractivity contribution in [3.8, 4) is 17.8 Å². The minimum absolute atomic E-state index is 0.0137. The second-order valence-electron chi connectivity index (χ2n) is 5.41. The van der Waals surface area contributed by atoms with E-state index in [0.29, 0.717) is 11.3 Å². The Morgan fingerprint density at radius 1 is 1.12 bits per heavy atom. The van der Waals surface area contributed by atoms with Crippen molar-refractivity contribution >= 4 is 15.8 Å². The molecule has 0 fully saturated rings. The van der Waals surface area contributed by atoms with E-state index >= 15 is 0 Å². The molecule has 1 aromatic carbocycles. The van der Waals surface area contributed by atoms with E-state index in [1.807, 2.05) is 6.07 Å². The molecule has 128 valence electrons. The molecule has 4 rings (SSSR count). The van der Waals surface area contributed by atoms with Crippen LogP contribution in [-0.2, 0) is 16.6 Å². The van der Waals surface area contributed by atoms with Gasteiger partial charge in [-0.1, -0.05) is 18.2 Å². The molecule has 2 aromatic heterocycles. The average Bonchev–Trinajstić information content (AvgIpc) is 2.94. The van der Waals surface area contributed by atoms with Gasteiger partial charge in [-0.15, -0.1) is 0 Å². The summed E-state index contributed by atoms with van der Waals surface area (Å²) in [6.07, 6.45) is 2.80. The van der Waals surface area contributed by atoms with Crippen molar-refractivity contribution in [2.24, 2.45) is 0 Å². The number of hydrogen-bond acceptors (Lipinski definition) is 7. The zero-order valence-corrected chi connectivity index (χ0v) is 14.1. The van der Waals surface area contributed by atoms with Crippen LogP contribution in [0.2, 0.25) is 0 Å². The molecule has 0 N–H and O–H groups in total. The van der Waals surface area contributed by atoms with Gasteiger partial charge in [0.2, 0.25) is 0 Å². The number of sulfonamides is 1. The highest BCUT2D eigenvalue weighted by Gasteiger charge is 2.35. The molecular weight excluding hydrogens is 354 g/mol. The molecule has 26 heavy (non-hydrogen) atoms. The number of nitrogens with zero attached hydrogens (tertiary/aromatic N) is 5. The van der Waals surface area contributed by atoms with Crippen LogP contribution in [0.3, 0.4) is 0 Å². The Labute approximate surface area is 149 Å². The number of rotatable bonds is 3. The molecule has 0 bridgehead atoms. The van der Waals surface area contributed by atoms with Crippen molar-refractivity contribution in [2.75, 3.05) is 4.31 Å². The Hall–Kier alpha value is -3.51. The summed E-state index contributed by atoms with van der Waals surface area (Å²) in [5.74, 6) is 0.557. The van der Waals surface area contributed by atoms with E-state index in [1.54, 1.807) is 30.3 Å².